The van der Waals surface area contributed by atoms with Crippen LogP contribution in [0.3, 0.4) is 0 Å². The summed E-state index contributed by atoms with van der Waals surface area (Å²) < 4.78 is 5.68. The predicted molar refractivity (Wildman–Crippen MR) is 102 cm³/mol. The van der Waals surface area contributed by atoms with E-state index in [2.05, 4.69) is 0 Å². The molecule has 0 spiro atoms. The van der Waals surface area contributed by atoms with Gasteiger partial charge in [0, 0.05) is 12.1 Å². The van der Waals surface area contributed by atoms with Crippen LogP contribution >= 0.6 is 0 Å². The van der Waals surface area contributed by atoms with Crippen LogP contribution < -0.4 is 0 Å². The van der Waals surface area contributed by atoms with Crippen molar-refractivity contribution in [1.82, 2.24) is 4.90 Å². The first-order chi connectivity index (χ1) is 12.8. The van der Waals surface area contributed by atoms with E-state index in [4.69, 9.17) is 4.74 Å². The quantitative estimate of drug-likeness (QED) is 0.661. The van der Waals surface area contributed by atoms with Crippen LogP contribution in [0.1, 0.15) is 16.7 Å². The second-order valence-corrected chi connectivity index (χ2v) is 6.24. The van der Waals surface area contributed by atoms with Gasteiger partial charge in [-0.05, 0) is 16.7 Å². The van der Waals surface area contributed by atoms with Gasteiger partial charge in [-0.2, -0.15) is 0 Å². The number of amides is 1. The zero-order valence-electron chi connectivity index (χ0n) is 14.3. The lowest BCUT2D eigenvalue weighted by atomic mass is 9.96. The minimum atomic E-state index is -0.298. The van der Waals surface area contributed by atoms with E-state index in [1.54, 1.807) is 4.90 Å². The molecule has 1 aliphatic rings. The van der Waals surface area contributed by atoms with Gasteiger partial charge in [-0.15, -0.1) is 0 Å². The summed E-state index contributed by atoms with van der Waals surface area (Å²) in [6, 6.07) is 30.1. The molecule has 26 heavy (non-hydrogen) atoms. The van der Waals surface area contributed by atoms with Crippen molar-refractivity contribution in [1.29, 1.82) is 0 Å². The average molecular weight is 341 g/mol. The van der Waals surface area contributed by atoms with Crippen molar-refractivity contribution >= 4 is 11.7 Å². The average Bonchev–Trinajstić information content (AvgIpc) is 3.04. The number of benzene rings is 3. The Bertz CT molecular complexity index is 877. The fraction of sp³-hybridized carbons (Fsp3) is 0.0870. The monoisotopic (exact) mass is 341 g/mol. The van der Waals surface area contributed by atoms with Crippen LogP contribution in [0.25, 0.3) is 5.57 Å². The molecule has 1 saturated heterocycles. The Hall–Kier alpha value is -3.33. The highest BCUT2D eigenvalue weighted by atomic mass is 16.6. The molecule has 0 atom stereocenters. The fourth-order valence-corrected chi connectivity index (χ4v) is 3.19. The number of hydrogen-bond acceptors (Lipinski definition) is 2. The van der Waals surface area contributed by atoms with E-state index >= 15 is 0 Å². The molecule has 3 aromatic carbocycles. The number of cyclic esters (lactones) is 1. The van der Waals surface area contributed by atoms with E-state index in [0.717, 1.165) is 22.3 Å². The SMILES string of the molecule is O=C1OC(=C(c2ccccc2)c2ccccc2)CN1Cc1ccccc1. The molecule has 0 N–H and O–H groups in total. The molecule has 0 bridgehead atoms. The molecule has 1 aliphatic heterocycles. The summed E-state index contributed by atoms with van der Waals surface area (Å²) in [6.45, 7) is 1.01. The Kier molecular flexibility index (Phi) is 4.52. The number of hydrogen-bond donors (Lipinski definition) is 0. The summed E-state index contributed by atoms with van der Waals surface area (Å²) >= 11 is 0. The number of carbonyl (C=O) groups excluding carboxylic acids is 1. The molecule has 1 heterocycles. The molecule has 3 nitrogen and oxygen atoms in total. The van der Waals surface area contributed by atoms with Gasteiger partial charge in [-0.3, -0.25) is 4.90 Å². The number of carbonyl (C=O) groups is 1. The normalized spacial score (nSPS) is 13.6. The van der Waals surface area contributed by atoms with Gasteiger partial charge in [0.1, 0.15) is 5.76 Å². The van der Waals surface area contributed by atoms with Crippen molar-refractivity contribution < 1.29 is 9.53 Å². The largest absolute Gasteiger partial charge is 0.415 e. The maximum Gasteiger partial charge on any atom is 0.415 e. The van der Waals surface area contributed by atoms with Crippen LogP contribution in [0, 0.1) is 0 Å². The number of ether oxygens (including phenoxy) is 1. The zero-order chi connectivity index (χ0) is 17.8. The summed E-state index contributed by atoms with van der Waals surface area (Å²) in [5.41, 5.74) is 4.15. The minimum Gasteiger partial charge on any atom is -0.412 e. The number of nitrogens with zero attached hydrogens (tertiary/aromatic N) is 1. The molecule has 0 radical (unpaired) electrons. The third kappa shape index (κ3) is 3.38. The highest BCUT2D eigenvalue weighted by Gasteiger charge is 2.30. The van der Waals surface area contributed by atoms with E-state index in [0.29, 0.717) is 18.8 Å². The van der Waals surface area contributed by atoms with Crippen LogP contribution in [-0.2, 0) is 11.3 Å². The van der Waals surface area contributed by atoms with Gasteiger partial charge in [0.15, 0.2) is 0 Å². The summed E-state index contributed by atoms with van der Waals surface area (Å²) in [5, 5.41) is 0. The molecular formula is C23H19NO2. The summed E-state index contributed by atoms with van der Waals surface area (Å²) in [6.07, 6.45) is -0.298. The maximum atomic E-state index is 12.4. The first kappa shape index (κ1) is 16.2. The molecule has 3 heteroatoms. The third-order valence-electron chi connectivity index (χ3n) is 4.42. The molecule has 0 saturated carbocycles. The Morgan fingerprint density at radius 1 is 0.769 bits per heavy atom. The van der Waals surface area contributed by atoms with Crippen LogP contribution in [0.4, 0.5) is 4.79 Å². The summed E-state index contributed by atoms with van der Waals surface area (Å²) in [4.78, 5) is 14.2. The number of rotatable bonds is 4. The van der Waals surface area contributed by atoms with Gasteiger partial charge >= 0.3 is 6.09 Å². The highest BCUT2D eigenvalue weighted by molar-refractivity contribution is 5.85. The van der Waals surface area contributed by atoms with Gasteiger partial charge in [-0.1, -0.05) is 91.0 Å². The lowest BCUT2D eigenvalue weighted by Gasteiger charge is -2.12. The first-order valence-corrected chi connectivity index (χ1v) is 8.66. The lowest BCUT2D eigenvalue weighted by Crippen LogP contribution is -2.23. The van der Waals surface area contributed by atoms with Crippen molar-refractivity contribution in [3.63, 3.8) is 0 Å². The Morgan fingerprint density at radius 2 is 1.27 bits per heavy atom. The molecule has 0 aliphatic carbocycles. The van der Waals surface area contributed by atoms with Crippen molar-refractivity contribution in [2.75, 3.05) is 6.54 Å². The summed E-state index contributed by atoms with van der Waals surface area (Å²) in [5.74, 6) is 0.698. The molecule has 0 aromatic heterocycles. The standard InChI is InChI=1S/C23H19NO2/c25-23-24(16-18-10-4-1-5-11-18)17-21(26-23)22(19-12-6-2-7-13-19)20-14-8-3-9-15-20/h1-15H,16-17H2. The second kappa shape index (κ2) is 7.28. The molecule has 4 rings (SSSR count). The molecule has 0 unspecified atom stereocenters. The van der Waals surface area contributed by atoms with E-state index in [-0.39, 0.29) is 6.09 Å². The molecule has 3 aromatic rings. The van der Waals surface area contributed by atoms with E-state index in [9.17, 15) is 4.79 Å². The van der Waals surface area contributed by atoms with Gasteiger partial charge in [0.2, 0.25) is 0 Å². The van der Waals surface area contributed by atoms with Crippen LogP contribution in [0.2, 0.25) is 0 Å². The molecule has 128 valence electrons. The smallest absolute Gasteiger partial charge is 0.412 e. The predicted octanol–water partition coefficient (Wildman–Crippen LogP) is 5.10. The van der Waals surface area contributed by atoms with Crippen LogP contribution in [0.15, 0.2) is 96.8 Å². The second-order valence-electron chi connectivity index (χ2n) is 6.24. The van der Waals surface area contributed by atoms with Gasteiger partial charge in [0.25, 0.3) is 0 Å². The maximum absolute atomic E-state index is 12.4. The van der Waals surface area contributed by atoms with Gasteiger partial charge < -0.3 is 4.74 Å². The van der Waals surface area contributed by atoms with E-state index < -0.39 is 0 Å². The van der Waals surface area contributed by atoms with Crippen molar-refractivity contribution in [3.8, 4) is 0 Å². The fourth-order valence-electron chi connectivity index (χ4n) is 3.19. The molecular weight excluding hydrogens is 322 g/mol. The summed E-state index contributed by atoms with van der Waals surface area (Å²) in [7, 11) is 0. The van der Waals surface area contributed by atoms with Crippen molar-refractivity contribution in [3.05, 3.63) is 113 Å². The van der Waals surface area contributed by atoms with Gasteiger partial charge in [0.05, 0.1) is 6.54 Å². The first-order valence-electron chi connectivity index (χ1n) is 8.66. The molecule has 1 fully saturated rings. The Balaban J connectivity index is 1.71. The van der Waals surface area contributed by atoms with Crippen molar-refractivity contribution in [2.45, 2.75) is 6.54 Å². The van der Waals surface area contributed by atoms with E-state index in [1.807, 2.05) is 91.0 Å². The lowest BCUT2D eigenvalue weighted by molar-refractivity contribution is 0.167. The highest BCUT2D eigenvalue weighted by Crippen LogP contribution is 2.31. The topological polar surface area (TPSA) is 29.5 Å². The van der Waals surface area contributed by atoms with E-state index in [1.165, 1.54) is 0 Å². The van der Waals surface area contributed by atoms with Crippen LogP contribution in [0.5, 0.6) is 0 Å². The minimum absolute atomic E-state index is 0.298. The van der Waals surface area contributed by atoms with Gasteiger partial charge in [-0.25, -0.2) is 4.79 Å². The molecule has 1 amide bonds. The Labute approximate surface area is 153 Å². The van der Waals surface area contributed by atoms with Crippen molar-refractivity contribution in [2.24, 2.45) is 0 Å². The van der Waals surface area contributed by atoms with Crippen LogP contribution in [-0.4, -0.2) is 17.5 Å². The Morgan fingerprint density at radius 3 is 1.81 bits per heavy atom. The zero-order valence-corrected chi connectivity index (χ0v) is 14.3. The third-order valence-corrected chi connectivity index (χ3v) is 4.42.